The van der Waals surface area contributed by atoms with Crippen molar-refractivity contribution in [3.8, 4) is 22.8 Å². The van der Waals surface area contributed by atoms with E-state index in [1.54, 1.807) is 12.3 Å². The van der Waals surface area contributed by atoms with Gasteiger partial charge < -0.3 is 9.73 Å². The van der Waals surface area contributed by atoms with Gasteiger partial charge in [-0.1, -0.05) is 48.5 Å². The van der Waals surface area contributed by atoms with Gasteiger partial charge in [-0.25, -0.2) is 4.98 Å². The van der Waals surface area contributed by atoms with Crippen LogP contribution in [0.25, 0.3) is 28.4 Å². The Labute approximate surface area is 172 Å². The quantitative estimate of drug-likeness (QED) is 0.486. The molecule has 1 amide bonds. The van der Waals surface area contributed by atoms with Crippen LogP contribution in [0.5, 0.6) is 0 Å². The number of amides is 1. The van der Waals surface area contributed by atoms with Crippen molar-refractivity contribution in [1.82, 2.24) is 24.9 Å². The number of fused-ring (bicyclic) bond motifs is 1. The molecule has 0 spiro atoms. The fraction of sp³-hybridized carbons (Fsp3) is 0.0435. The van der Waals surface area contributed by atoms with E-state index in [9.17, 15) is 4.79 Å². The lowest BCUT2D eigenvalue weighted by Crippen LogP contribution is -2.24. The minimum absolute atomic E-state index is 0.238. The third-order valence-corrected chi connectivity index (χ3v) is 4.76. The molecule has 3 aromatic heterocycles. The van der Waals surface area contributed by atoms with Gasteiger partial charge in [0, 0.05) is 17.3 Å². The highest BCUT2D eigenvalue weighted by atomic mass is 16.4. The fourth-order valence-electron chi connectivity index (χ4n) is 3.27. The lowest BCUT2D eigenvalue weighted by Gasteiger charge is -2.07. The van der Waals surface area contributed by atoms with Crippen molar-refractivity contribution in [3.05, 3.63) is 96.6 Å². The van der Waals surface area contributed by atoms with E-state index in [1.165, 1.54) is 0 Å². The first-order valence-corrected chi connectivity index (χ1v) is 9.47. The van der Waals surface area contributed by atoms with E-state index in [0.29, 0.717) is 28.6 Å². The summed E-state index contributed by atoms with van der Waals surface area (Å²) in [4.78, 5) is 17.3. The standard InChI is InChI=1S/C23H17N5O2/c29-22(24-15-21-27-26-20-12-6-7-13-28(20)21)17-10-4-5-11-18(17)23-25-14-19(30-23)16-8-2-1-3-9-16/h1-14H,15H2,(H,24,29). The second-order valence-corrected chi connectivity index (χ2v) is 6.67. The number of nitrogens with zero attached hydrogens (tertiary/aromatic N) is 4. The Bertz CT molecular complexity index is 1320. The molecular weight excluding hydrogens is 378 g/mol. The lowest BCUT2D eigenvalue weighted by molar-refractivity contribution is 0.0950. The molecule has 5 rings (SSSR count). The normalized spacial score (nSPS) is 10.9. The van der Waals surface area contributed by atoms with Gasteiger partial charge in [-0.3, -0.25) is 9.20 Å². The molecule has 30 heavy (non-hydrogen) atoms. The molecule has 0 bridgehead atoms. The van der Waals surface area contributed by atoms with Gasteiger partial charge in [0.05, 0.1) is 18.3 Å². The first-order chi connectivity index (χ1) is 14.8. The summed E-state index contributed by atoms with van der Waals surface area (Å²) >= 11 is 0. The van der Waals surface area contributed by atoms with E-state index >= 15 is 0 Å². The number of hydrogen-bond acceptors (Lipinski definition) is 5. The third kappa shape index (κ3) is 3.33. The topological polar surface area (TPSA) is 85.3 Å². The first-order valence-electron chi connectivity index (χ1n) is 9.47. The number of aromatic nitrogens is 4. The molecule has 7 nitrogen and oxygen atoms in total. The molecule has 7 heteroatoms. The molecule has 0 radical (unpaired) electrons. The van der Waals surface area contributed by atoms with Crippen LogP contribution < -0.4 is 5.32 Å². The zero-order valence-electron chi connectivity index (χ0n) is 15.9. The smallest absolute Gasteiger partial charge is 0.252 e. The Morgan fingerprint density at radius 3 is 2.63 bits per heavy atom. The van der Waals surface area contributed by atoms with E-state index in [-0.39, 0.29) is 12.5 Å². The SMILES string of the molecule is O=C(NCc1nnc2ccccn12)c1ccccc1-c1ncc(-c2ccccc2)o1. The Balaban J connectivity index is 1.39. The van der Waals surface area contributed by atoms with Crippen molar-refractivity contribution in [2.75, 3.05) is 0 Å². The molecule has 2 aromatic carbocycles. The zero-order valence-corrected chi connectivity index (χ0v) is 15.9. The summed E-state index contributed by atoms with van der Waals surface area (Å²) in [5, 5.41) is 11.2. The van der Waals surface area contributed by atoms with Crippen LogP contribution in [0.4, 0.5) is 0 Å². The number of oxazole rings is 1. The Hall–Kier alpha value is -4.26. The van der Waals surface area contributed by atoms with Gasteiger partial charge in [0.1, 0.15) is 0 Å². The van der Waals surface area contributed by atoms with Crippen molar-refractivity contribution in [1.29, 1.82) is 0 Å². The van der Waals surface area contributed by atoms with Gasteiger partial charge in [-0.05, 0) is 24.3 Å². The average Bonchev–Trinajstić information content (AvgIpc) is 3.46. The minimum atomic E-state index is -0.238. The Morgan fingerprint density at radius 2 is 1.73 bits per heavy atom. The molecule has 3 heterocycles. The molecule has 1 N–H and O–H groups in total. The fourth-order valence-corrected chi connectivity index (χ4v) is 3.27. The number of benzene rings is 2. The largest absolute Gasteiger partial charge is 0.436 e. The first kappa shape index (κ1) is 17.8. The molecule has 0 aliphatic rings. The van der Waals surface area contributed by atoms with Crippen molar-refractivity contribution < 1.29 is 9.21 Å². The maximum absolute atomic E-state index is 12.9. The predicted octanol–water partition coefficient (Wildman–Crippen LogP) is 3.98. The van der Waals surface area contributed by atoms with Crippen LogP contribution in [0.3, 0.4) is 0 Å². The molecule has 0 fully saturated rings. The van der Waals surface area contributed by atoms with Crippen molar-refractivity contribution in [3.63, 3.8) is 0 Å². The lowest BCUT2D eigenvalue weighted by atomic mass is 10.1. The number of rotatable bonds is 5. The minimum Gasteiger partial charge on any atom is -0.436 e. The molecule has 146 valence electrons. The van der Waals surface area contributed by atoms with Gasteiger partial charge >= 0.3 is 0 Å². The van der Waals surface area contributed by atoms with Crippen LogP contribution in [-0.4, -0.2) is 25.5 Å². The summed E-state index contributed by atoms with van der Waals surface area (Å²) in [6, 6.07) is 22.6. The van der Waals surface area contributed by atoms with Gasteiger partial charge in [-0.2, -0.15) is 0 Å². The van der Waals surface area contributed by atoms with Crippen molar-refractivity contribution >= 4 is 11.6 Å². The summed E-state index contributed by atoms with van der Waals surface area (Å²) in [5.41, 5.74) is 2.77. The van der Waals surface area contributed by atoms with Crippen LogP contribution in [-0.2, 0) is 6.54 Å². The second kappa shape index (κ2) is 7.63. The molecule has 0 atom stereocenters. The number of carbonyl (C=O) groups excluding carboxylic acids is 1. The zero-order chi connectivity index (χ0) is 20.3. The summed E-state index contributed by atoms with van der Waals surface area (Å²) in [6.45, 7) is 0.249. The second-order valence-electron chi connectivity index (χ2n) is 6.67. The monoisotopic (exact) mass is 395 g/mol. The van der Waals surface area contributed by atoms with E-state index < -0.39 is 0 Å². The van der Waals surface area contributed by atoms with E-state index in [4.69, 9.17) is 4.42 Å². The van der Waals surface area contributed by atoms with Crippen LogP contribution in [0.2, 0.25) is 0 Å². The number of pyridine rings is 1. The highest BCUT2D eigenvalue weighted by Gasteiger charge is 2.17. The van der Waals surface area contributed by atoms with Gasteiger partial charge in [-0.15, -0.1) is 10.2 Å². The van der Waals surface area contributed by atoms with Crippen LogP contribution in [0.15, 0.2) is 89.6 Å². The molecule has 0 aliphatic carbocycles. The summed E-state index contributed by atoms with van der Waals surface area (Å²) < 4.78 is 7.78. The summed E-state index contributed by atoms with van der Waals surface area (Å²) in [5.74, 6) is 1.46. The van der Waals surface area contributed by atoms with Crippen molar-refractivity contribution in [2.24, 2.45) is 0 Å². The van der Waals surface area contributed by atoms with Gasteiger partial charge in [0.15, 0.2) is 17.2 Å². The predicted molar refractivity (Wildman–Crippen MR) is 112 cm³/mol. The molecule has 0 saturated carbocycles. The van der Waals surface area contributed by atoms with Gasteiger partial charge in [0.2, 0.25) is 5.89 Å². The van der Waals surface area contributed by atoms with E-state index in [1.807, 2.05) is 77.3 Å². The van der Waals surface area contributed by atoms with Crippen LogP contribution >= 0.6 is 0 Å². The highest BCUT2D eigenvalue weighted by molar-refractivity contribution is 6.00. The summed E-state index contributed by atoms with van der Waals surface area (Å²) in [7, 11) is 0. The molecule has 0 aliphatic heterocycles. The third-order valence-electron chi connectivity index (χ3n) is 4.76. The Kier molecular flexibility index (Phi) is 4.53. The number of nitrogens with one attached hydrogen (secondary N) is 1. The maximum atomic E-state index is 12.9. The highest BCUT2D eigenvalue weighted by Crippen LogP contribution is 2.28. The van der Waals surface area contributed by atoms with Gasteiger partial charge in [0.25, 0.3) is 5.91 Å². The number of carbonyl (C=O) groups is 1. The molecule has 5 aromatic rings. The summed E-state index contributed by atoms with van der Waals surface area (Å²) in [6.07, 6.45) is 3.53. The molecular formula is C23H17N5O2. The molecule has 0 saturated heterocycles. The maximum Gasteiger partial charge on any atom is 0.252 e. The van der Waals surface area contributed by atoms with Crippen molar-refractivity contribution in [2.45, 2.75) is 6.54 Å². The number of hydrogen-bond donors (Lipinski definition) is 1. The van der Waals surface area contributed by atoms with E-state index in [0.717, 1.165) is 11.2 Å². The van der Waals surface area contributed by atoms with Crippen LogP contribution in [0.1, 0.15) is 16.2 Å². The molecule has 0 unspecified atom stereocenters. The average molecular weight is 395 g/mol. The van der Waals surface area contributed by atoms with E-state index in [2.05, 4.69) is 20.5 Å². The van der Waals surface area contributed by atoms with Crippen LogP contribution in [0, 0.1) is 0 Å². The Morgan fingerprint density at radius 1 is 0.933 bits per heavy atom.